The molecule has 2 amide bonds. The van der Waals surface area contributed by atoms with Gasteiger partial charge in [0.2, 0.25) is 5.91 Å². The fraction of sp³-hybridized carbons (Fsp3) is 0.679. The monoisotopic (exact) mass is 498 g/mol. The zero-order valence-electron chi connectivity index (χ0n) is 22.2. The number of ether oxygens (including phenoxy) is 1. The van der Waals surface area contributed by atoms with Crippen LogP contribution in [-0.2, 0) is 14.3 Å². The van der Waals surface area contributed by atoms with E-state index >= 15 is 0 Å². The van der Waals surface area contributed by atoms with Gasteiger partial charge in [0.25, 0.3) is 5.91 Å². The number of amides is 2. The van der Waals surface area contributed by atoms with Gasteiger partial charge in [-0.1, -0.05) is 39.8 Å². The maximum Gasteiger partial charge on any atom is 0.251 e. The van der Waals surface area contributed by atoms with Crippen LogP contribution in [0.25, 0.3) is 0 Å². The van der Waals surface area contributed by atoms with Gasteiger partial charge in [0.15, 0.2) is 5.78 Å². The second kappa shape index (κ2) is 11.0. The van der Waals surface area contributed by atoms with Gasteiger partial charge >= 0.3 is 0 Å². The van der Waals surface area contributed by atoms with E-state index in [-0.39, 0.29) is 36.2 Å². The number of hydrogen-bond acceptors (Lipinski definition) is 6. The standard InChI is InChI=1S/C28H42N4O4/c1-5-12-31-13-10-19(11-14-31)18-6-8-20(9-7-18)26(34)30-22(15-28(2,3)4)27(35)32-16-21(29)25-24(32)23(33)17-36-25/h6-9,19,21-22,24-25H,5,10-17,29H2,1-4H3,(H,30,34)/t21-,22+,24-,25-/m1/s1. The van der Waals surface area contributed by atoms with Crippen LogP contribution in [0.5, 0.6) is 0 Å². The lowest BCUT2D eigenvalue weighted by molar-refractivity contribution is -0.138. The third-order valence-corrected chi connectivity index (χ3v) is 7.70. The molecule has 0 radical (unpaired) electrons. The molecule has 0 saturated carbocycles. The first kappa shape index (κ1) is 26.8. The molecule has 1 aromatic rings. The Kier molecular flexibility index (Phi) is 8.17. The minimum absolute atomic E-state index is 0.0207. The molecule has 36 heavy (non-hydrogen) atoms. The number of nitrogens with one attached hydrogen (secondary N) is 1. The van der Waals surface area contributed by atoms with Gasteiger partial charge in [-0.2, -0.15) is 0 Å². The third-order valence-electron chi connectivity index (χ3n) is 7.70. The van der Waals surface area contributed by atoms with Gasteiger partial charge in [0.1, 0.15) is 24.8 Å². The number of fused-ring (bicyclic) bond motifs is 1. The molecule has 3 fully saturated rings. The molecule has 3 N–H and O–H groups in total. The molecule has 3 aliphatic heterocycles. The van der Waals surface area contributed by atoms with Gasteiger partial charge in [-0.05, 0) is 74.3 Å². The molecule has 0 aromatic heterocycles. The second-order valence-corrected chi connectivity index (χ2v) is 11.9. The fourth-order valence-corrected chi connectivity index (χ4v) is 5.89. The van der Waals surface area contributed by atoms with Crippen molar-refractivity contribution in [1.29, 1.82) is 0 Å². The van der Waals surface area contributed by atoms with Crippen molar-refractivity contribution >= 4 is 17.6 Å². The largest absolute Gasteiger partial charge is 0.366 e. The lowest BCUT2D eigenvalue weighted by Gasteiger charge is -2.32. The predicted octanol–water partition coefficient (Wildman–Crippen LogP) is 2.32. The summed E-state index contributed by atoms with van der Waals surface area (Å²) in [6.07, 6.45) is 3.44. The van der Waals surface area contributed by atoms with Gasteiger partial charge in [-0.3, -0.25) is 14.4 Å². The number of nitrogens with two attached hydrogens (primary N) is 1. The van der Waals surface area contributed by atoms with E-state index in [2.05, 4.69) is 17.1 Å². The van der Waals surface area contributed by atoms with Crippen molar-refractivity contribution < 1.29 is 19.1 Å². The maximum atomic E-state index is 13.6. The van der Waals surface area contributed by atoms with Crippen molar-refractivity contribution in [3.63, 3.8) is 0 Å². The number of carbonyl (C=O) groups excluding carboxylic acids is 3. The molecule has 198 valence electrons. The molecule has 3 aliphatic rings. The third kappa shape index (κ3) is 5.98. The first-order chi connectivity index (χ1) is 17.1. The summed E-state index contributed by atoms with van der Waals surface area (Å²) in [6.45, 7) is 11.9. The van der Waals surface area contributed by atoms with Crippen LogP contribution in [0.3, 0.4) is 0 Å². The summed E-state index contributed by atoms with van der Waals surface area (Å²) < 4.78 is 5.53. The highest BCUT2D eigenvalue weighted by Gasteiger charge is 2.52. The molecule has 0 aliphatic carbocycles. The molecule has 8 heteroatoms. The molecule has 0 spiro atoms. The van der Waals surface area contributed by atoms with Crippen molar-refractivity contribution in [2.45, 2.75) is 83.5 Å². The summed E-state index contributed by atoms with van der Waals surface area (Å²) >= 11 is 0. The van der Waals surface area contributed by atoms with Crippen molar-refractivity contribution in [3.05, 3.63) is 35.4 Å². The number of benzene rings is 1. The number of rotatable bonds is 7. The van der Waals surface area contributed by atoms with Crippen molar-refractivity contribution in [2.75, 3.05) is 32.8 Å². The number of ketones is 1. The summed E-state index contributed by atoms with van der Waals surface area (Å²) in [5.41, 5.74) is 7.76. The first-order valence-electron chi connectivity index (χ1n) is 13.4. The number of nitrogens with zero attached hydrogens (tertiary/aromatic N) is 2. The fourth-order valence-electron chi connectivity index (χ4n) is 5.89. The summed E-state index contributed by atoms with van der Waals surface area (Å²) in [6, 6.07) is 6.00. The summed E-state index contributed by atoms with van der Waals surface area (Å²) in [5.74, 6) is -0.159. The summed E-state index contributed by atoms with van der Waals surface area (Å²) in [7, 11) is 0. The first-order valence-corrected chi connectivity index (χ1v) is 13.4. The second-order valence-electron chi connectivity index (χ2n) is 11.9. The maximum absolute atomic E-state index is 13.6. The van der Waals surface area contributed by atoms with Gasteiger partial charge in [-0.15, -0.1) is 0 Å². The average molecular weight is 499 g/mol. The van der Waals surface area contributed by atoms with Gasteiger partial charge in [-0.25, -0.2) is 0 Å². The topological polar surface area (TPSA) is 105 Å². The number of carbonyl (C=O) groups is 3. The Morgan fingerprint density at radius 1 is 1.17 bits per heavy atom. The minimum Gasteiger partial charge on any atom is -0.366 e. The Hall–Kier alpha value is -2.29. The van der Waals surface area contributed by atoms with E-state index in [1.807, 2.05) is 45.0 Å². The predicted molar refractivity (Wildman–Crippen MR) is 139 cm³/mol. The lowest BCUT2D eigenvalue weighted by Crippen LogP contribution is -2.53. The smallest absolute Gasteiger partial charge is 0.251 e. The number of likely N-dealkylation sites (tertiary alicyclic amines) is 2. The lowest BCUT2D eigenvalue weighted by atomic mass is 9.87. The van der Waals surface area contributed by atoms with Gasteiger partial charge < -0.3 is 25.6 Å². The molecule has 1 aromatic carbocycles. The molecular formula is C28H42N4O4. The van der Waals surface area contributed by atoms with E-state index in [9.17, 15) is 14.4 Å². The minimum atomic E-state index is -0.751. The van der Waals surface area contributed by atoms with Crippen LogP contribution >= 0.6 is 0 Å². The normalized spacial score (nSPS) is 26.2. The Morgan fingerprint density at radius 3 is 2.44 bits per heavy atom. The highest BCUT2D eigenvalue weighted by atomic mass is 16.5. The van der Waals surface area contributed by atoms with Crippen molar-refractivity contribution in [1.82, 2.24) is 15.1 Å². The molecule has 0 unspecified atom stereocenters. The van der Waals surface area contributed by atoms with E-state index in [1.165, 1.54) is 16.9 Å². The van der Waals surface area contributed by atoms with E-state index < -0.39 is 24.2 Å². The van der Waals surface area contributed by atoms with Gasteiger partial charge in [0, 0.05) is 12.1 Å². The number of hydrogen-bond donors (Lipinski definition) is 2. The quantitative estimate of drug-likeness (QED) is 0.598. The van der Waals surface area contributed by atoms with E-state index in [1.54, 1.807) is 0 Å². The van der Waals surface area contributed by atoms with Crippen molar-refractivity contribution in [3.8, 4) is 0 Å². The van der Waals surface area contributed by atoms with E-state index in [0.29, 0.717) is 17.9 Å². The molecule has 3 heterocycles. The molecule has 3 saturated heterocycles. The highest BCUT2D eigenvalue weighted by molar-refractivity contribution is 5.99. The van der Waals surface area contributed by atoms with Crippen LogP contribution in [0.4, 0.5) is 0 Å². The molecule has 4 atom stereocenters. The Bertz CT molecular complexity index is 949. The van der Waals surface area contributed by atoms with Crippen LogP contribution in [0, 0.1) is 5.41 Å². The Morgan fingerprint density at radius 2 is 1.83 bits per heavy atom. The SMILES string of the molecule is CCCN1CCC(c2ccc(C(=O)N[C@@H](CC(C)(C)C)C(=O)N3C[C@@H](N)[C@H]4OCC(=O)[C@H]43)cc2)CC1. The Balaban J connectivity index is 1.43. The van der Waals surface area contributed by atoms with Crippen LogP contribution < -0.4 is 11.1 Å². The van der Waals surface area contributed by atoms with Crippen LogP contribution in [0.2, 0.25) is 0 Å². The zero-order valence-corrected chi connectivity index (χ0v) is 22.2. The van der Waals surface area contributed by atoms with Crippen molar-refractivity contribution in [2.24, 2.45) is 11.1 Å². The van der Waals surface area contributed by atoms with Crippen LogP contribution in [0.15, 0.2) is 24.3 Å². The highest BCUT2D eigenvalue weighted by Crippen LogP contribution is 2.30. The van der Waals surface area contributed by atoms with Crippen LogP contribution in [-0.4, -0.2) is 84.4 Å². The average Bonchev–Trinajstić information content (AvgIpc) is 3.38. The number of piperidine rings is 1. The van der Waals surface area contributed by atoms with Crippen LogP contribution in [0.1, 0.15) is 75.2 Å². The Labute approximate surface area is 214 Å². The summed E-state index contributed by atoms with van der Waals surface area (Å²) in [5, 5.41) is 2.97. The molecule has 8 nitrogen and oxygen atoms in total. The molecular weight excluding hydrogens is 456 g/mol. The summed E-state index contributed by atoms with van der Waals surface area (Å²) in [4.78, 5) is 43.3. The number of Topliss-reactive ketones (excluding diaryl/α,β-unsaturated/α-hetero) is 1. The van der Waals surface area contributed by atoms with Gasteiger partial charge in [0.05, 0.1) is 6.04 Å². The zero-order chi connectivity index (χ0) is 26.0. The van der Waals surface area contributed by atoms with E-state index in [0.717, 1.165) is 32.5 Å². The molecule has 0 bridgehead atoms. The van der Waals surface area contributed by atoms with E-state index in [4.69, 9.17) is 10.5 Å². The molecule has 4 rings (SSSR count).